The molecule has 0 fully saturated rings. The third-order valence-corrected chi connectivity index (χ3v) is 3.95. The third kappa shape index (κ3) is 5.05. The SMILES string of the molecule is CCNC(=NCc1ccc([N+](=O)[O-])cc1)NCc1c(CC)noc1CC. The van der Waals surface area contributed by atoms with Crippen LogP contribution >= 0.6 is 0 Å². The van der Waals surface area contributed by atoms with Crippen LogP contribution in [0.1, 0.15) is 43.4 Å². The molecule has 1 heterocycles. The number of nitrogens with one attached hydrogen (secondary N) is 2. The minimum absolute atomic E-state index is 0.0782. The summed E-state index contributed by atoms with van der Waals surface area (Å²) in [6, 6.07) is 6.41. The molecule has 2 aromatic rings. The number of nitrogens with zero attached hydrogens (tertiary/aromatic N) is 3. The summed E-state index contributed by atoms with van der Waals surface area (Å²) in [6.07, 6.45) is 1.61. The van der Waals surface area contributed by atoms with Crippen molar-refractivity contribution in [3.63, 3.8) is 0 Å². The second-order valence-electron chi connectivity index (χ2n) is 5.71. The van der Waals surface area contributed by atoms with Gasteiger partial charge in [-0.2, -0.15) is 0 Å². The molecule has 0 radical (unpaired) electrons. The highest BCUT2D eigenvalue weighted by molar-refractivity contribution is 5.79. The van der Waals surface area contributed by atoms with Gasteiger partial charge in [-0.1, -0.05) is 31.1 Å². The molecular weight excluding hydrogens is 334 g/mol. The van der Waals surface area contributed by atoms with Gasteiger partial charge in [0.15, 0.2) is 5.96 Å². The number of aliphatic imine (C=N–C) groups is 1. The number of hydrogen-bond acceptors (Lipinski definition) is 5. The van der Waals surface area contributed by atoms with Crippen molar-refractivity contribution in [2.24, 2.45) is 4.99 Å². The fourth-order valence-corrected chi connectivity index (χ4v) is 2.55. The van der Waals surface area contributed by atoms with E-state index in [-0.39, 0.29) is 5.69 Å². The number of non-ortho nitro benzene ring substituents is 1. The standard InChI is InChI=1S/C18H25N5O3/c1-4-16-15(17(5-2)26-22-16)12-21-18(19-6-3)20-11-13-7-9-14(10-8-13)23(24)25/h7-10H,4-6,11-12H2,1-3H3,(H2,19,20,21). The second kappa shape index (κ2) is 9.55. The Kier molecular flexibility index (Phi) is 7.13. The number of guanidine groups is 1. The van der Waals surface area contributed by atoms with Crippen LogP contribution in [0.25, 0.3) is 0 Å². The van der Waals surface area contributed by atoms with Gasteiger partial charge in [-0.05, 0) is 18.9 Å². The Morgan fingerprint density at radius 3 is 2.50 bits per heavy atom. The van der Waals surface area contributed by atoms with E-state index >= 15 is 0 Å². The molecule has 2 rings (SSSR count). The first-order valence-electron chi connectivity index (χ1n) is 8.80. The van der Waals surface area contributed by atoms with E-state index in [0.29, 0.717) is 19.0 Å². The van der Waals surface area contributed by atoms with Gasteiger partial charge in [0.25, 0.3) is 5.69 Å². The van der Waals surface area contributed by atoms with Crippen LogP contribution in [0.5, 0.6) is 0 Å². The van der Waals surface area contributed by atoms with Crippen molar-refractivity contribution >= 4 is 11.6 Å². The molecule has 0 aliphatic rings. The van der Waals surface area contributed by atoms with Gasteiger partial charge in [0, 0.05) is 37.2 Å². The smallest absolute Gasteiger partial charge is 0.269 e. The minimum atomic E-state index is -0.408. The van der Waals surface area contributed by atoms with Crippen LogP contribution in [-0.4, -0.2) is 22.6 Å². The summed E-state index contributed by atoms with van der Waals surface area (Å²) in [5, 5.41) is 21.3. The molecule has 0 amide bonds. The van der Waals surface area contributed by atoms with E-state index < -0.39 is 4.92 Å². The van der Waals surface area contributed by atoms with Gasteiger partial charge in [-0.25, -0.2) is 4.99 Å². The van der Waals surface area contributed by atoms with Crippen molar-refractivity contribution < 1.29 is 9.45 Å². The van der Waals surface area contributed by atoms with E-state index in [1.54, 1.807) is 12.1 Å². The van der Waals surface area contributed by atoms with Crippen molar-refractivity contribution in [1.82, 2.24) is 15.8 Å². The third-order valence-electron chi connectivity index (χ3n) is 3.95. The molecule has 2 N–H and O–H groups in total. The maximum Gasteiger partial charge on any atom is 0.269 e. The molecule has 1 aromatic carbocycles. The average Bonchev–Trinajstić information content (AvgIpc) is 3.06. The Morgan fingerprint density at radius 2 is 1.92 bits per heavy atom. The topological polar surface area (TPSA) is 106 Å². The lowest BCUT2D eigenvalue weighted by Gasteiger charge is -2.11. The number of aromatic nitrogens is 1. The number of aryl methyl sites for hydroxylation is 2. The van der Waals surface area contributed by atoms with E-state index in [0.717, 1.165) is 42.0 Å². The molecule has 0 unspecified atom stereocenters. The van der Waals surface area contributed by atoms with Gasteiger partial charge in [-0.15, -0.1) is 0 Å². The van der Waals surface area contributed by atoms with Crippen molar-refractivity contribution in [3.05, 3.63) is 57.0 Å². The second-order valence-corrected chi connectivity index (χ2v) is 5.71. The number of benzene rings is 1. The molecule has 0 bridgehead atoms. The maximum atomic E-state index is 10.7. The zero-order valence-electron chi connectivity index (χ0n) is 15.4. The number of rotatable bonds is 8. The van der Waals surface area contributed by atoms with Crippen molar-refractivity contribution in [2.45, 2.75) is 46.7 Å². The van der Waals surface area contributed by atoms with Gasteiger partial charge < -0.3 is 15.2 Å². The predicted molar refractivity (Wildman–Crippen MR) is 100 cm³/mol. The van der Waals surface area contributed by atoms with Crippen LogP contribution in [0.2, 0.25) is 0 Å². The molecule has 0 aliphatic carbocycles. The molecule has 26 heavy (non-hydrogen) atoms. The number of nitro benzene ring substituents is 1. The highest BCUT2D eigenvalue weighted by Crippen LogP contribution is 2.15. The Bertz CT molecular complexity index is 731. The molecule has 0 aliphatic heterocycles. The van der Waals surface area contributed by atoms with Gasteiger partial charge in [0.2, 0.25) is 0 Å². The van der Waals surface area contributed by atoms with E-state index in [9.17, 15) is 10.1 Å². The van der Waals surface area contributed by atoms with E-state index in [1.165, 1.54) is 12.1 Å². The van der Waals surface area contributed by atoms with Gasteiger partial charge in [-0.3, -0.25) is 10.1 Å². The number of hydrogen-bond donors (Lipinski definition) is 2. The van der Waals surface area contributed by atoms with E-state index in [1.807, 2.05) is 13.8 Å². The zero-order valence-corrected chi connectivity index (χ0v) is 15.4. The molecule has 0 spiro atoms. The highest BCUT2D eigenvalue weighted by atomic mass is 16.6. The van der Waals surface area contributed by atoms with Crippen molar-refractivity contribution in [1.29, 1.82) is 0 Å². The predicted octanol–water partition coefficient (Wildman–Crippen LogP) is 2.96. The lowest BCUT2D eigenvalue weighted by molar-refractivity contribution is -0.384. The zero-order chi connectivity index (χ0) is 18.9. The summed E-state index contributed by atoms with van der Waals surface area (Å²) >= 11 is 0. The maximum absolute atomic E-state index is 10.7. The molecule has 1 aromatic heterocycles. The molecule has 8 nitrogen and oxygen atoms in total. The number of nitro groups is 1. The Hall–Kier alpha value is -2.90. The van der Waals surface area contributed by atoms with E-state index in [2.05, 4.69) is 27.7 Å². The minimum Gasteiger partial charge on any atom is -0.361 e. The van der Waals surface area contributed by atoms with Gasteiger partial charge >= 0.3 is 0 Å². The fraction of sp³-hybridized carbons (Fsp3) is 0.444. The lowest BCUT2D eigenvalue weighted by atomic mass is 10.1. The van der Waals surface area contributed by atoms with E-state index in [4.69, 9.17) is 4.52 Å². The van der Waals surface area contributed by atoms with Crippen LogP contribution in [0.15, 0.2) is 33.8 Å². The summed E-state index contributed by atoms with van der Waals surface area (Å²) in [5.74, 6) is 1.57. The monoisotopic (exact) mass is 359 g/mol. The molecule has 0 saturated carbocycles. The van der Waals surface area contributed by atoms with Crippen molar-refractivity contribution in [2.75, 3.05) is 6.54 Å². The largest absolute Gasteiger partial charge is 0.361 e. The molecule has 8 heteroatoms. The van der Waals surface area contributed by atoms with Crippen LogP contribution in [0, 0.1) is 10.1 Å². The Labute approximate surface area is 152 Å². The quantitative estimate of drug-likeness (QED) is 0.325. The van der Waals surface area contributed by atoms with Crippen LogP contribution < -0.4 is 10.6 Å². The Balaban J connectivity index is 2.05. The summed E-state index contributed by atoms with van der Waals surface area (Å²) in [5.41, 5.74) is 3.02. The first-order chi connectivity index (χ1) is 12.6. The van der Waals surface area contributed by atoms with Crippen LogP contribution in [-0.2, 0) is 25.9 Å². The van der Waals surface area contributed by atoms with Gasteiger partial charge in [0.05, 0.1) is 17.2 Å². The normalized spacial score (nSPS) is 11.4. The first-order valence-corrected chi connectivity index (χ1v) is 8.80. The summed E-state index contributed by atoms with van der Waals surface area (Å²) < 4.78 is 5.38. The fourth-order valence-electron chi connectivity index (χ4n) is 2.55. The molecular formula is C18H25N5O3. The average molecular weight is 359 g/mol. The highest BCUT2D eigenvalue weighted by Gasteiger charge is 2.13. The van der Waals surface area contributed by atoms with Crippen LogP contribution in [0.3, 0.4) is 0 Å². The molecule has 0 atom stereocenters. The summed E-state index contributed by atoms with van der Waals surface area (Å²) in [4.78, 5) is 14.8. The van der Waals surface area contributed by atoms with Gasteiger partial charge in [0.1, 0.15) is 5.76 Å². The first kappa shape index (κ1) is 19.4. The summed E-state index contributed by atoms with van der Waals surface area (Å²) in [6.45, 7) is 7.83. The summed E-state index contributed by atoms with van der Waals surface area (Å²) in [7, 11) is 0. The molecule has 0 saturated heterocycles. The Morgan fingerprint density at radius 1 is 1.19 bits per heavy atom. The molecule has 140 valence electrons. The van der Waals surface area contributed by atoms with Crippen molar-refractivity contribution in [3.8, 4) is 0 Å². The van der Waals surface area contributed by atoms with Crippen LogP contribution in [0.4, 0.5) is 5.69 Å². The lowest BCUT2D eigenvalue weighted by Crippen LogP contribution is -2.37.